The van der Waals surface area contributed by atoms with Crippen molar-refractivity contribution in [3.8, 4) is 5.75 Å². The molecule has 3 nitrogen and oxygen atoms in total. The van der Waals surface area contributed by atoms with Crippen LogP contribution in [0.1, 0.15) is 45.4 Å². The van der Waals surface area contributed by atoms with E-state index in [1.54, 1.807) is 0 Å². The SMILES string of the molecule is CCCNC(C)c1cc2cccc(OCCC)c2o1. The fourth-order valence-corrected chi connectivity index (χ4v) is 2.06. The van der Waals surface area contributed by atoms with Crippen molar-refractivity contribution in [2.75, 3.05) is 13.2 Å². The van der Waals surface area contributed by atoms with Gasteiger partial charge in [-0.25, -0.2) is 0 Å². The summed E-state index contributed by atoms with van der Waals surface area (Å²) >= 11 is 0. The molecule has 2 rings (SSSR count). The first-order valence-electron chi connectivity index (χ1n) is 7.14. The molecule has 0 aliphatic rings. The summed E-state index contributed by atoms with van der Waals surface area (Å²) in [6.07, 6.45) is 2.12. The summed E-state index contributed by atoms with van der Waals surface area (Å²) in [6, 6.07) is 8.37. The van der Waals surface area contributed by atoms with Gasteiger partial charge >= 0.3 is 0 Å². The van der Waals surface area contributed by atoms with Crippen LogP contribution in [0.5, 0.6) is 5.75 Å². The fraction of sp³-hybridized carbons (Fsp3) is 0.500. The van der Waals surface area contributed by atoms with E-state index in [-0.39, 0.29) is 6.04 Å². The van der Waals surface area contributed by atoms with Crippen molar-refractivity contribution in [3.05, 3.63) is 30.0 Å². The molecule has 1 unspecified atom stereocenters. The van der Waals surface area contributed by atoms with Gasteiger partial charge in [-0.3, -0.25) is 0 Å². The molecule has 1 aromatic heterocycles. The van der Waals surface area contributed by atoms with Crippen LogP contribution in [0.25, 0.3) is 11.0 Å². The van der Waals surface area contributed by atoms with Gasteiger partial charge in [0.15, 0.2) is 11.3 Å². The van der Waals surface area contributed by atoms with Crippen molar-refractivity contribution in [3.63, 3.8) is 0 Å². The lowest BCUT2D eigenvalue weighted by Gasteiger charge is -2.09. The minimum Gasteiger partial charge on any atom is -0.490 e. The monoisotopic (exact) mass is 261 g/mol. The fourth-order valence-electron chi connectivity index (χ4n) is 2.06. The normalized spacial score (nSPS) is 12.8. The quantitative estimate of drug-likeness (QED) is 0.807. The molecule has 1 heterocycles. The van der Waals surface area contributed by atoms with E-state index < -0.39 is 0 Å². The van der Waals surface area contributed by atoms with Gasteiger partial charge in [0.25, 0.3) is 0 Å². The Morgan fingerprint density at radius 1 is 1.26 bits per heavy atom. The van der Waals surface area contributed by atoms with E-state index >= 15 is 0 Å². The summed E-state index contributed by atoms with van der Waals surface area (Å²) in [5.41, 5.74) is 0.857. The van der Waals surface area contributed by atoms with Crippen LogP contribution in [0.3, 0.4) is 0 Å². The maximum Gasteiger partial charge on any atom is 0.176 e. The number of hydrogen-bond acceptors (Lipinski definition) is 3. The summed E-state index contributed by atoms with van der Waals surface area (Å²) in [5.74, 6) is 1.81. The minimum absolute atomic E-state index is 0.228. The van der Waals surface area contributed by atoms with Crippen LogP contribution in [-0.4, -0.2) is 13.2 Å². The highest BCUT2D eigenvalue weighted by Gasteiger charge is 2.13. The van der Waals surface area contributed by atoms with Crippen LogP contribution < -0.4 is 10.1 Å². The Morgan fingerprint density at radius 2 is 2.11 bits per heavy atom. The Hall–Kier alpha value is -1.48. The largest absolute Gasteiger partial charge is 0.490 e. The molecule has 0 fully saturated rings. The molecule has 1 N–H and O–H groups in total. The number of ether oxygens (including phenoxy) is 1. The standard InChI is InChI=1S/C16H23NO2/c1-4-9-17-12(3)15-11-13-7-6-8-14(16(13)19-15)18-10-5-2/h6-8,11-12,17H,4-5,9-10H2,1-3H3. The van der Waals surface area contributed by atoms with Gasteiger partial charge in [0, 0.05) is 5.39 Å². The van der Waals surface area contributed by atoms with E-state index in [0.717, 1.165) is 48.5 Å². The molecular weight excluding hydrogens is 238 g/mol. The third-order valence-electron chi connectivity index (χ3n) is 3.12. The molecule has 0 saturated heterocycles. The van der Waals surface area contributed by atoms with Crippen LogP contribution in [0.2, 0.25) is 0 Å². The molecule has 0 aliphatic carbocycles. The maximum absolute atomic E-state index is 5.97. The lowest BCUT2D eigenvalue weighted by molar-refractivity contribution is 0.314. The molecule has 19 heavy (non-hydrogen) atoms. The third-order valence-corrected chi connectivity index (χ3v) is 3.12. The molecule has 104 valence electrons. The van der Waals surface area contributed by atoms with E-state index in [1.165, 1.54) is 0 Å². The Balaban J connectivity index is 2.23. The zero-order chi connectivity index (χ0) is 13.7. The molecule has 1 atom stereocenters. The average Bonchev–Trinajstić information content (AvgIpc) is 2.87. The van der Waals surface area contributed by atoms with Gasteiger partial charge in [-0.2, -0.15) is 0 Å². The smallest absolute Gasteiger partial charge is 0.176 e. The van der Waals surface area contributed by atoms with Crippen LogP contribution in [0, 0.1) is 0 Å². The number of furan rings is 1. The van der Waals surface area contributed by atoms with Crippen molar-refractivity contribution in [2.45, 2.75) is 39.7 Å². The highest BCUT2D eigenvalue weighted by atomic mass is 16.5. The zero-order valence-electron chi connectivity index (χ0n) is 12.0. The molecule has 3 heteroatoms. The summed E-state index contributed by atoms with van der Waals surface area (Å²) in [4.78, 5) is 0. The molecule has 0 bridgehead atoms. The second-order valence-electron chi connectivity index (χ2n) is 4.85. The van der Waals surface area contributed by atoms with Crippen molar-refractivity contribution < 1.29 is 9.15 Å². The van der Waals surface area contributed by atoms with Gasteiger partial charge in [-0.05, 0) is 38.4 Å². The van der Waals surface area contributed by atoms with Crippen molar-refractivity contribution in [1.29, 1.82) is 0 Å². The minimum atomic E-state index is 0.228. The summed E-state index contributed by atoms with van der Waals surface area (Å²) in [7, 11) is 0. The number of fused-ring (bicyclic) bond motifs is 1. The molecular formula is C16H23NO2. The zero-order valence-corrected chi connectivity index (χ0v) is 12.0. The van der Waals surface area contributed by atoms with Crippen molar-refractivity contribution in [1.82, 2.24) is 5.32 Å². The van der Waals surface area contributed by atoms with Gasteiger partial charge in [-0.15, -0.1) is 0 Å². The number of benzene rings is 1. The van der Waals surface area contributed by atoms with E-state index in [0.29, 0.717) is 0 Å². The highest BCUT2D eigenvalue weighted by Crippen LogP contribution is 2.31. The van der Waals surface area contributed by atoms with Crippen LogP contribution in [-0.2, 0) is 0 Å². The molecule has 0 amide bonds. The van der Waals surface area contributed by atoms with Crippen LogP contribution in [0.4, 0.5) is 0 Å². The molecule has 0 radical (unpaired) electrons. The first-order chi connectivity index (χ1) is 9.26. The number of hydrogen-bond donors (Lipinski definition) is 1. The second kappa shape index (κ2) is 6.62. The molecule has 0 spiro atoms. The average molecular weight is 261 g/mol. The number of rotatable bonds is 7. The molecule has 1 aromatic carbocycles. The summed E-state index contributed by atoms with van der Waals surface area (Å²) in [5, 5.41) is 4.54. The maximum atomic E-state index is 5.97. The van der Waals surface area contributed by atoms with Gasteiger partial charge in [-0.1, -0.05) is 26.0 Å². The van der Waals surface area contributed by atoms with E-state index in [1.807, 2.05) is 12.1 Å². The van der Waals surface area contributed by atoms with Crippen molar-refractivity contribution >= 4 is 11.0 Å². The van der Waals surface area contributed by atoms with Crippen LogP contribution in [0.15, 0.2) is 28.7 Å². The molecule has 0 aliphatic heterocycles. The third kappa shape index (κ3) is 3.29. The van der Waals surface area contributed by atoms with Crippen LogP contribution >= 0.6 is 0 Å². The second-order valence-corrected chi connectivity index (χ2v) is 4.85. The predicted octanol–water partition coefficient (Wildman–Crippen LogP) is 4.28. The Kier molecular flexibility index (Phi) is 4.86. The van der Waals surface area contributed by atoms with Gasteiger partial charge < -0.3 is 14.5 Å². The first kappa shape index (κ1) is 13.9. The number of nitrogens with one attached hydrogen (secondary N) is 1. The lowest BCUT2D eigenvalue weighted by atomic mass is 10.2. The predicted molar refractivity (Wildman–Crippen MR) is 78.7 cm³/mol. The van der Waals surface area contributed by atoms with Gasteiger partial charge in [0.05, 0.1) is 12.6 Å². The number of para-hydroxylation sites is 1. The Labute approximate surface area is 114 Å². The lowest BCUT2D eigenvalue weighted by Crippen LogP contribution is -2.18. The summed E-state index contributed by atoms with van der Waals surface area (Å²) < 4.78 is 11.7. The van der Waals surface area contributed by atoms with E-state index in [4.69, 9.17) is 9.15 Å². The Morgan fingerprint density at radius 3 is 2.84 bits per heavy atom. The Bertz CT molecular complexity index is 518. The van der Waals surface area contributed by atoms with Crippen molar-refractivity contribution in [2.24, 2.45) is 0 Å². The molecule has 2 aromatic rings. The highest BCUT2D eigenvalue weighted by molar-refractivity contribution is 5.83. The first-order valence-corrected chi connectivity index (χ1v) is 7.14. The summed E-state index contributed by atoms with van der Waals surface area (Å²) in [6.45, 7) is 8.11. The van der Waals surface area contributed by atoms with Gasteiger partial charge in [0.1, 0.15) is 5.76 Å². The van der Waals surface area contributed by atoms with Gasteiger partial charge in [0.2, 0.25) is 0 Å². The van der Waals surface area contributed by atoms with E-state index in [9.17, 15) is 0 Å². The molecule has 0 saturated carbocycles. The topological polar surface area (TPSA) is 34.4 Å². The van der Waals surface area contributed by atoms with E-state index in [2.05, 4.69) is 38.2 Å².